The van der Waals surface area contributed by atoms with E-state index in [1.807, 2.05) is 46.1 Å². The van der Waals surface area contributed by atoms with Crippen molar-refractivity contribution in [3.8, 4) is 5.75 Å². The molecule has 0 N–H and O–H groups in total. The normalized spacial score (nSPS) is 16.9. The third-order valence-corrected chi connectivity index (χ3v) is 5.06. The topological polar surface area (TPSA) is 73.4 Å². The number of amides is 1. The van der Waals surface area contributed by atoms with Crippen LogP contribution in [0.25, 0.3) is 0 Å². The van der Waals surface area contributed by atoms with Crippen LogP contribution < -0.4 is 4.74 Å². The highest BCUT2D eigenvalue weighted by molar-refractivity contribution is 5.94. The van der Waals surface area contributed by atoms with Gasteiger partial charge in [-0.1, -0.05) is 23.4 Å². The second-order valence-corrected chi connectivity index (χ2v) is 7.02. The van der Waals surface area contributed by atoms with Crippen LogP contribution in [0.3, 0.4) is 0 Å². The van der Waals surface area contributed by atoms with Crippen LogP contribution in [0.1, 0.15) is 41.7 Å². The van der Waals surface area contributed by atoms with Crippen LogP contribution in [0.4, 0.5) is 0 Å². The molecule has 146 valence electrons. The second-order valence-electron chi connectivity index (χ2n) is 7.02. The molecule has 3 aromatic rings. The molecule has 4 rings (SSSR count). The smallest absolute Gasteiger partial charge is 0.257 e. The molecule has 3 heterocycles. The van der Waals surface area contributed by atoms with Crippen molar-refractivity contribution in [3.05, 3.63) is 66.4 Å². The molecule has 1 atom stereocenters. The lowest BCUT2D eigenvalue weighted by atomic mass is 9.98. The largest absolute Gasteiger partial charge is 0.487 e. The molecule has 0 saturated carbocycles. The number of hydrogen-bond acceptors (Lipinski definition) is 5. The molecular weight excluding hydrogens is 356 g/mol. The number of nitrogens with zero attached hydrogens (tertiary/aromatic N) is 4. The van der Waals surface area contributed by atoms with Crippen molar-refractivity contribution in [1.29, 1.82) is 0 Å². The quantitative estimate of drug-likeness (QED) is 0.627. The van der Waals surface area contributed by atoms with Crippen LogP contribution in [-0.4, -0.2) is 38.4 Å². The van der Waals surface area contributed by atoms with Crippen molar-refractivity contribution < 1.29 is 13.9 Å². The number of rotatable bonds is 7. The standard InChI is InChI=1S/C21H24N4O3/c26-21(17-10-13-27-15-17)25-11-5-4-6-19(25)9-12-24-14-18(22-23-24)16-28-20-7-2-1-3-8-20/h1-3,7-8,10,13-15,19H,4-6,9,11-12,16H2. The maximum absolute atomic E-state index is 12.7. The van der Waals surface area contributed by atoms with E-state index >= 15 is 0 Å². The monoisotopic (exact) mass is 380 g/mol. The Labute approximate surface area is 163 Å². The van der Waals surface area contributed by atoms with Gasteiger partial charge in [0.1, 0.15) is 24.3 Å². The minimum absolute atomic E-state index is 0.0500. The number of aromatic nitrogens is 3. The first-order valence-corrected chi connectivity index (χ1v) is 9.69. The Morgan fingerprint density at radius 2 is 2.11 bits per heavy atom. The van der Waals surface area contributed by atoms with Crippen LogP contribution >= 0.6 is 0 Å². The number of para-hydroxylation sites is 1. The lowest BCUT2D eigenvalue weighted by Crippen LogP contribution is -2.44. The SMILES string of the molecule is O=C(c1ccoc1)N1CCCCC1CCn1cc(COc2ccccc2)nn1. The predicted octanol–water partition coefficient (Wildman–Crippen LogP) is 3.54. The fourth-order valence-electron chi connectivity index (χ4n) is 3.59. The van der Waals surface area contributed by atoms with Crippen molar-refractivity contribution in [2.75, 3.05) is 6.54 Å². The number of likely N-dealkylation sites (tertiary alicyclic amines) is 1. The third kappa shape index (κ3) is 4.42. The summed E-state index contributed by atoms with van der Waals surface area (Å²) in [6, 6.07) is 11.6. The number of aryl methyl sites for hydroxylation is 1. The van der Waals surface area contributed by atoms with Gasteiger partial charge in [0.15, 0.2) is 0 Å². The predicted molar refractivity (Wildman–Crippen MR) is 103 cm³/mol. The van der Waals surface area contributed by atoms with Gasteiger partial charge in [-0.3, -0.25) is 9.48 Å². The molecule has 2 aromatic heterocycles. The van der Waals surface area contributed by atoms with Gasteiger partial charge in [-0.25, -0.2) is 0 Å². The van der Waals surface area contributed by atoms with E-state index in [1.54, 1.807) is 12.3 Å². The van der Waals surface area contributed by atoms with E-state index in [2.05, 4.69) is 10.3 Å². The lowest BCUT2D eigenvalue weighted by molar-refractivity contribution is 0.0593. The molecule has 1 aromatic carbocycles. The van der Waals surface area contributed by atoms with Crippen LogP contribution in [0.2, 0.25) is 0 Å². The highest BCUT2D eigenvalue weighted by atomic mass is 16.5. The molecule has 1 aliphatic heterocycles. The molecular formula is C21H24N4O3. The Morgan fingerprint density at radius 3 is 2.93 bits per heavy atom. The molecule has 0 aliphatic carbocycles. The summed E-state index contributed by atoms with van der Waals surface area (Å²) in [5.41, 5.74) is 1.41. The second kappa shape index (κ2) is 8.73. The summed E-state index contributed by atoms with van der Waals surface area (Å²) >= 11 is 0. The Morgan fingerprint density at radius 1 is 1.21 bits per heavy atom. The first kappa shape index (κ1) is 18.3. The number of ether oxygens (including phenoxy) is 1. The maximum atomic E-state index is 12.7. The van der Waals surface area contributed by atoms with Crippen LogP contribution in [0, 0.1) is 0 Å². The van der Waals surface area contributed by atoms with Crippen LogP contribution in [0.5, 0.6) is 5.75 Å². The summed E-state index contributed by atoms with van der Waals surface area (Å²) in [6.07, 6.45) is 9.03. The molecule has 1 fully saturated rings. The Kier molecular flexibility index (Phi) is 5.70. The Balaban J connectivity index is 1.32. The molecule has 1 amide bonds. The number of hydrogen-bond donors (Lipinski definition) is 0. The summed E-state index contributed by atoms with van der Waals surface area (Å²) in [7, 11) is 0. The lowest BCUT2D eigenvalue weighted by Gasteiger charge is -2.35. The van der Waals surface area contributed by atoms with E-state index in [-0.39, 0.29) is 11.9 Å². The van der Waals surface area contributed by atoms with Gasteiger partial charge in [0, 0.05) is 19.1 Å². The van der Waals surface area contributed by atoms with Gasteiger partial charge < -0.3 is 14.1 Å². The summed E-state index contributed by atoms with van der Waals surface area (Å²) in [4.78, 5) is 14.7. The molecule has 1 unspecified atom stereocenters. The van der Waals surface area contributed by atoms with Crippen molar-refractivity contribution in [3.63, 3.8) is 0 Å². The summed E-state index contributed by atoms with van der Waals surface area (Å²) in [5.74, 6) is 0.863. The van der Waals surface area contributed by atoms with E-state index in [9.17, 15) is 4.79 Å². The van der Waals surface area contributed by atoms with Gasteiger partial charge in [-0.2, -0.15) is 0 Å². The molecule has 0 radical (unpaired) electrons. The molecule has 0 spiro atoms. The number of carbonyl (C=O) groups excluding carboxylic acids is 1. The van der Waals surface area contributed by atoms with Crippen molar-refractivity contribution in [1.82, 2.24) is 19.9 Å². The zero-order valence-electron chi connectivity index (χ0n) is 15.7. The minimum Gasteiger partial charge on any atom is -0.487 e. The molecule has 0 bridgehead atoms. The minimum atomic E-state index is 0.0500. The van der Waals surface area contributed by atoms with E-state index < -0.39 is 0 Å². The molecule has 1 aliphatic rings. The van der Waals surface area contributed by atoms with Gasteiger partial charge in [0.25, 0.3) is 5.91 Å². The van der Waals surface area contributed by atoms with Crippen LogP contribution in [0.15, 0.2) is 59.5 Å². The van der Waals surface area contributed by atoms with Gasteiger partial charge >= 0.3 is 0 Å². The molecule has 7 heteroatoms. The van der Waals surface area contributed by atoms with Crippen molar-refractivity contribution in [2.24, 2.45) is 0 Å². The third-order valence-electron chi connectivity index (χ3n) is 5.06. The van der Waals surface area contributed by atoms with Gasteiger partial charge in [0.2, 0.25) is 0 Å². The summed E-state index contributed by atoms with van der Waals surface area (Å²) < 4.78 is 12.6. The number of benzene rings is 1. The fourth-order valence-corrected chi connectivity index (χ4v) is 3.59. The van der Waals surface area contributed by atoms with E-state index in [1.165, 1.54) is 6.26 Å². The summed E-state index contributed by atoms with van der Waals surface area (Å²) in [5, 5.41) is 8.39. The number of furan rings is 1. The number of carbonyl (C=O) groups is 1. The highest BCUT2D eigenvalue weighted by Crippen LogP contribution is 2.22. The average Bonchev–Trinajstić information content (AvgIpc) is 3.43. The zero-order valence-corrected chi connectivity index (χ0v) is 15.7. The first-order valence-electron chi connectivity index (χ1n) is 9.69. The van der Waals surface area contributed by atoms with E-state index in [4.69, 9.17) is 9.15 Å². The highest BCUT2D eigenvalue weighted by Gasteiger charge is 2.27. The first-order chi connectivity index (χ1) is 13.8. The maximum Gasteiger partial charge on any atom is 0.257 e. The zero-order chi connectivity index (χ0) is 19.2. The number of piperidine rings is 1. The molecule has 7 nitrogen and oxygen atoms in total. The van der Waals surface area contributed by atoms with Crippen molar-refractivity contribution in [2.45, 2.75) is 44.9 Å². The van der Waals surface area contributed by atoms with E-state index in [0.717, 1.165) is 50.2 Å². The molecule has 28 heavy (non-hydrogen) atoms. The van der Waals surface area contributed by atoms with E-state index in [0.29, 0.717) is 12.2 Å². The Hall–Kier alpha value is -3.09. The fraction of sp³-hybridized carbons (Fsp3) is 0.381. The summed E-state index contributed by atoms with van der Waals surface area (Å²) in [6.45, 7) is 1.90. The average molecular weight is 380 g/mol. The van der Waals surface area contributed by atoms with Gasteiger partial charge in [-0.05, 0) is 43.9 Å². The Bertz CT molecular complexity index is 876. The van der Waals surface area contributed by atoms with Gasteiger partial charge in [0.05, 0.1) is 18.0 Å². The van der Waals surface area contributed by atoms with Crippen LogP contribution in [-0.2, 0) is 13.2 Å². The van der Waals surface area contributed by atoms with Crippen molar-refractivity contribution >= 4 is 5.91 Å². The molecule has 1 saturated heterocycles. The van der Waals surface area contributed by atoms with Gasteiger partial charge in [-0.15, -0.1) is 5.10 Å².